The zero-order valence-corrected chi connectivity index (χ0v) is 14.6. The molecular formula is C17H21N4O2S+. The van der Waals surface area contributed by atoms with E-state index in [0.717, 1.165) is 38.9 Å². The number of aliphatic hydroxyl groups is 1. The molecule has 1 aromatic heterocycles. The van der Waals surface area contributed by atoms with Gasteiger partial charge in [0.25, 0.3) is 0 Å². The van der Waals surface area contributed by atoms with E-state index in [1.807, 2.05) is 32.0 Å². The number of nitrogens with two attached hydrogens (primary N) is 1. The standard InChI is InChI=1S/C17H20N4O2S/c1-10(2)20-16(19-9-18)17-21-15-12-4-3-11(8-22)7-13(12)23-6-5-14(15)24-17/h3-4,7,9-10,22H,5-6,8H2,1-2H3,(H2,18,19,20)/p+1. The van der Waals surface area contributed by atoms with Gasteiger partial charge in [0.15, 0.2) is 0 Å². The molecular weight excluding hydrogens is 324 g/mol. The Bertz CT molecular complexity index is 796. The zero-order chi connectivity index (χ0) is 17.1. The fraction of sp³-hybridized carbons (Fsp3) is 0.353. The number of nitrogens with zero attached hydrogens (tertiary/aromatic N) is 2. The lowest BCUT2D eigenvalue weighted by Crippen LogP contribution is -2.77. The maximum atomic E-state index is 9.32. The molecule has 0 bridgehead atoms. The second-order valence-corrected chi connectivity index (χ2v) is 6.89. The van der Waals surface area contributed by atoms with Crippen molar-refractivity contribution in [3.8, 4) is 17.0 Å². The summed E-state index contributed by atoms with van der Waals surface area (Å²) >= 11 is 1.60. The third-order valence-electron chi connectivity index (χ3n) is 3.60. The molecule has 0 radical (unpaired) electrons. The Balaban J connectivity index is 2.09. The van der Waals surface area contributed by atoms with Gasteiger partial charge < -0.3 is 15.6 Å². The van der Waals surface area contributed by atoms with Gasteiger partial charge in [0.05, 0.1) is 24.9 Å². The van der Waals surface area contributed by atoms with Gasteiger partial charge in [0.1, 0.15) is 5.75 Å². The zero-order valence-electron chi connectivity index (χ0n) is 13.7. The van der Waals surface area contributed by atoms with Gasteiger partial charge in [0.2, 0.25) is 11.3 Å². The van der Waals surface area contributed by atoms with Crippen molar-refractivity contribution in [2.24, 2.45) is 10.7 Å². The molecule has 2 heterocycles. The van der Waals surface area contributed by atoms with Crippen LogP contribution < -0.4 is 15.5 Å². The Morgan fingerprint density at radius 1 is 1.54 bits per heavy atom. The maximum absolute atomic E-state index is 9.32. The van der Waals surface area contributed by atoms with E-state index in [9.17, 15) is 5.11 Å². The molecule has 0 saturated heterocycles. The molecule has 1 aromatic carbocycles. The summed E-state index contributed by atoms with van der Waals surface area (Å²) in [5, 5.41) is 10.1. The number of aromatic nitrogens is 1. The highest BCUT2D eigenvalue weighted by Gasteiger charge is 2.24. The number of aliphatic hydroxyl groups excluding tert-OH is 1. The van der Waals surface area contributed by atoms with Crippen molar-refractivity contribution in [3.05, 3.63) is 33.6 Å². The number of rotatable bonds is 3. The number of nitrogens with one attached hydrogen (secondary N) is 1. The van der Waals surface area contributed by atoms with Gasteiger partial charge in [-0.3, -0.25) is 4.99 Å². The number of hydrogen-bond acceptors (Lipinski definition) is 4. The van der Waals surface area contributed by atoms with Crippen molar-refractivity contribution in [1.29, 1.82) is 0 Å². The highest BCUT2D eigenvalue weighted by atomic mass is 32.1. The van der Waals surface area contributed by atoms with E-state index in [0.29, 0.717) is 12.4 Å². The second kappa shape index (κ2) is 7.11. The molecule has 0 fully saturated rings. The molecule has 0 unspecified atom stereocenters. The lowest BCUT2D eigenvalue weighted by molar-refractivity contribution is -0.493. The molecule has 6 nitrogen and oxygen atoms in total. The molecule has 0 spiro atoms. The van der Waals surface area contributed by atoms with Crippen LogP contribution in [0.15, 0.2) is 23.2 Å². The van der Waals surface area contributed by atoms with Gasteiger partial charge in [-0.15, -0.1) is 11.3 Å². The Kier molecular flexibility index (Phi) is 4.92. The van der Waals surface area contributed by atoms with Gasteiger partial charge in [-0.2, -0.15) is 0 Å². The Labute approximate surface area is 144 Å². The molecule has 4 N–H and O–H groups in total. The van der Waals surface area contributed by atoms with Crippen molar-refractivity contribution in [1.82, 2.24) is 4.98 Å². The van der Waals surface area contributed by atoms with Crippen LogP contribution in [0.1, 0.15) is 29.3 Å². The summed E-state index contributed by atoms with van der Waals surface area (Å²) in [7, 11) is 0. The van der Waals surface area contributed by atoms with Crippen LogP contribution >= 0.6 is 11.3 Å². The third-order valence-corrected chi connectivity index (χ3v) is 4.72. The van der Waals surface area contributed by atoms with Gasteiger partial charge in [-0.1, -0.05) is 6.07 Å². The first-order valence-corrected chi connectivity index (χ1v) is 8.68. The van der Waals surface area contributed by atoms with Crippen molar-refractivity contribution >= 4 is 23.5 Å². The van der Waals surface area contributed by atoms with Crippen LogP contribution in [-0.2, 0) is 13.0 Å². The van der Waals surface area contributed by atoms with Crippen molar-refractivity contribution in [2.45, 2.75) is 32.9 Å². The summed E-state index contributed by atoms with van der Waals surface area (Å²) in [6, 6.07) is 5.95. The van der Waals surface area contributed by atoms with Crippen LogP contribution in [0.25, 0.3) is 11.3 Å². The molecule has 0 saturated carbocycles. The monoisotopic (exact) mass is 345 g/mol. The SMILES string of the molecule is CC(C)[NH+]=C(N=CN)c1nc2c(s1)CCOc1cc(CO)ccc1-2. The van der Waals surface area contributed by atoms with E-state index in [1.54, 1.807) is 11.3 Å². The first-order chi connectivity index (χ1) is 11.6. The molecule has 3 rings (SSSR count). The Hall–Kier alpha value is -2.25. The van der Waals surface area contributed by atoms with Crippen LogP contribution in [0.4, 0.5) is 0 Å². The maximum Gasteiger partial charge on any atom is 0.354 e. The first kappa shape index (κ1) is 16.6. The second-order valence-electron chi connectivity index (χ2n) is 5.80. The van der Waals surface area contributed by atoms with Crippen LogP contribution in [0.5, 0.6) is 5.75 Å². The molecule has 24 heavy (non-hydrogen) atoms. The van der Waals surface area contributed by atoms with Crippen LogP contribution in [0.2, 0.25) is 0 Å². The lowest BCUT2D eigenvalue weighted by atomic mass is 10.1. The average molecular weight is 345 g/mol. The Morgan fingerprint density at radius 3 is 3.08 bits per heavy atom. The van der Waals surface area contributed by atoms with Crippen LogP contribution in [0.3, 0.4) is 0 Å². The first-order valence-electron chi connectivity index (χ1n) is 7.87. The van der Waals surface area contributed by atoms with Gasteiger partial charge >= 0.3 is 5.84 Å². The van der Waals surface area contributed by atoms with Crippen LogP contribution in [0, 0.1) is 0 Å². The summed E-state index contributed by atoms with van der Waals surface area (Å²) < 4.78 is 5.83. The van der Waals surface area contributed by atoms with E-state index in [1.165, 1.54) is 6.34 Å². The molecule has 0 aliphatic carbocycles. The predicted molar refractivity (Wildman–Crippen MR) is 95.6 cm³/mol. The van der Waals surface area contributed by atoms with E-state index < -0.39 is 0 Å². The van der Waals surface area contributed by atoms with Gasteiger partial charge in [-0.05, 0) is 36.5 Å². The molecule has 1 aliphatic heterocycles. The number of aliphatic imine (C=N–C) groups is 1. The summed E-state index contributed by atoms with van der Waals surface area (Å²) in [6.45, 7) is 4.67. The van der Waals surface area contributed by atoms with Gasteiger partial charge in [-0.25, -0.2) is 4.98 Å². The van der Waals surface area contributed by atoms with E-state index in [4.69, 9.17) is 15.5 Å². The van der Waals surface area contributed by atoms with Crippen molar-refractivity contribution in [2.75, 3.05) is 6.61 Å². The normalized spacial score (nSPS) is 14.4. The summed E-state index contributed by atoms with van der Waals surface area (Å²) in [5.41, 5.74) is 8.17. The minimum Gasteiger partial charge on any atom is -0.492 e. The molecule has 126 valence electrons. The number of thiazole rings is 1. The molecule has 2 aromatic rings. The third kappa shape index (κ3) is 3.32. The largest absolute Gasteiger partial charge is 0.492 e. The smallest absolute Gasteiger partial charge is 0.354 e. The highest BCUT2D eigenvalue weighted by molar-refractivity contribution is 7.14. The number of hydrogen-bond donors (Lipinski definition) is 3. The van der Waals surface area contributed by atoms with E-state index in [2.05, 4.69) is 9.98 Å². The highest BCUT2D eigenvalue weighted by Crippen LogP contribution is 2.38. The van der Waals surface area contributed by atoms with Crippen molar-refractivity contribution < 1.29 is 14.8 Å². The fourth-order valence-corrected chi connectivity index (χ4v) is 3.59. The average Bonchev–Trinajstić information content (AvgIpc) is 2.90. The number of benzene rings is 1. The van der Waals surface area contributed by atoms with Gasteiger partial charge in [0, 0.05) is 16.9 Å². The molecule has 1 aliphatic rings. The fourth-order valence-electron chi connectivity index (χ4n) is 2.57. The summed E-state index contributed by atoms with van der Waals surface area (Å²) in [4.78, 5) is 13.5. The molecule has 0 atom stereocenters. The number of amidine groups is 1. The van der Waals surface area contributed by atoms with E-state index in [-0.39, 0.29) is 12.6 Å². The summed E-state index contributed by atoms with van der Waals surface area (Å²) in [6.07, 6.45) is 2.07. The van der Waals surface area contributed by atoms with Crippen LogP contribution in [-0.4, -0.2) is 34.9 Å². The molecule has 0 amide bonds. The minimum atomic E-state index is -0.00668. The lowest BCUT2D eigenvalue weighted by Gasteiger charge is -2.08. The molecule has 7 heteroatoms. The predicted octanol–water partition coefficient (Wildman–Crippen LogP) is 0.460. The quantitative estimate of drug-likeness (QED) is 0.556. The summed E-state index contributed by atoms with van der Waals surface area (Å²) in [5.74, 6) is 1.44. The topological polar surface area (TPSA) is 94.7 Å². The number of fused-ring (bicyclic) bond motifs is 3. The van der Waals surface area contributed by atoms with E-state index >= 15 is 0 Å². The Morgan fingerprint density at radius 2 is 2.38 bits per heavy atom. The minimum absolute atomic E-state index is 0.00668. The van der Waals surface area contributed by atoms with Crippen molar-refractivity contribution in [3.63, 3.8) is 0 Å². The number of ether oxygens (including phenoxy) is 1.